The second-order valence-corrected chi connectivity index (χ2v) is 6.69. The smallest absolute Gasteiger partial charge is 0.203 e. The molecule has 3 rings (SSSR count). The maximum Gasteiger partial charge on any atom is 0.203 e. The van der Waals surface area contributed by atoms with E-state index in [-0.39, 0.29) is 17.5 Å². The topological polar surface area (TPSA) is 71.4 Å². The Kier molecular flexibility index (Phi) is 5.19. The zero-order valence-corrected chi connectivity index (χ0v) is 16.2. The Morgan fingerprint density at radius 2 is 1.59 bits per heavy atom. The minimum atomic E-state index is -0.114. The van der Waals surface area contributed by atoms with E-state index in [4.69, 9.17) is 14.2 Å². The van der Waals surface area contributed by atoms with E-state index in [1.165, 1.54) is 6.07 Å². The van der Waals surface area contributed by atoms with Crippen molar-refractivity contribution in [3.05, 3.63) is 47.0 Å². The lowest BCUT2D eigenvalue weighted by atomic mass is 9.84. The molecule has 2 aromatic rings. The molecule has 0 radical (unpaired) electrons. The molecule has 0 heterocycles. The molecule has 1 atom stereocenters. The van der Waals surface area contributed by atoms with Crippen LogP contribution in [0.4, 0.5) is 0 Å². The normalized spacial score (nSPS) is 15.9. The lowest BCUT2D eigenvalue weighted by molar-refractivity contribution is 0.324. The van der Waals surface area contributed by atoms with Crippen molar-refractivity contribution in [2.24, 2.45) is 0 Å². The van der Waals surface area contributed by atoms with Crippen molar-refractivity contribution in [3.8, 4) is 28.7 Å². The highest BCUT2D eigenvalue weighted by Gasteiger charge is 2.27. The van der Waals surface area contributed by atoms with Gasteiger partial charge in [-0.2, -0.15) is 0 Å². The van der Waals surface area contributed by atoms with Gasteiger partial charge in [0.2, 0.25) is 5.75 Å². The van der Waals surface area contributed by atoms with E-state index in [0.29, 0.717) is 23.7 Å². The summed E-state index contributed by atoms with van der Waals surface area (Å²) in [5, 5.41) is 20.4. The van der Waals surface area contributed by atoms with Crippen molar-refractivity contribution in [1.82, 2.24) is 4.90 Å². The number of aromatic hydroxyl groups is 2. The Balaban J connectivity index is 2.16. The van der Waals surface area contributed by atoms with Crippen LogP contribution in [-0.4, -0.2) is 50.5 Å². The molecule has 0 aliphatic heterocycles. The van der Waals surface area contributed by atoms with Crippen LogP contribution in [0.3, 0.4) is 0 Å². The number of allylic oxidation sites excluding steroid dienone is 1. The number of rotatable bonds is 5. The number of phenols is 2. The average Bonchev–Trinajstić information content (AvgIpc) is 2.68. The predicted molar refractivity (Wildman–Crippen MR) is 104 cm³/mol. The molecule has 0 saturated heterocycles. The summed E-state index contributed by atoms with van der Waals surface area (Å²) in [4.78, 5) is 2.06. The Morgan fingerprint density at radius 1 is 0.963 bits per heavy atom. The van der Waals surface area contributed by atoms with Crippen LogP contribution < -0.4 is 14.2 Å². The van der Waals surface area contributed by atoms with E-state index in [9.17, 15) is 10.2 Å². The van der Waals surface area contributed by atoms with Gasteiger partial charge < -0.3 is 24.4 Å². The molecule has 1 unspecified atom stereocenters. The van der Waals surface area contributed by atoms with Crippen LogP contribution >= 0.6 is 0 Å². The van der Waals surface area contributed by atoms with Gasteiger partial charge in [0.25, 0.3) is 0 Å². The van der Waals surface area contributed by atoms with Gasteiger partial charge in [-0.3, -0.25) is 4.90 Å². The highest BCUT2D eigenvalue weighted by molar-refractivity contribution is 5.76. The summed E-state index contributed by atoms with van der Waals surface area (Å²) in [5.74, 6) is 1.49. The van der Waals surface area contributed by atoms with Gasteiger partial charge in [-0.1, -0.05) is 12.1 Å². The third-order valence-corrected chi connectivity index (χ3v) is 4.93. The van der Waals surface area contributed by atoms with Crippen LogP contribution in [0.25, 0.3) is 5.57 Å². The van der Waals surface area contributed by atoms with E-state index >= 15 is 0 Å². The average molecular weight is 371 g/mol. The summed E-state index contributed by atoms with van der Waals surface area (Å²) in [6.45, 7) is 0. The maximum atomic E-state index is 10.4. The van der Waals surface area contributed by atoms with Crippen LogP contribution in [0.5, 0.6) is 28.7 Å². The Labute approximate surface area is 159 Å². The number of benzene rings is 2. The number of hydrogen-bond acceptors (Lipinski definition) is 6. The number of hydrogen-bond donors (Lipinski definition) is 2. The van der Waals surface area contributed by atoms with Gasteiger partial charge in [0, 0.05) is 12.0 Å². The fraction of sp³-hybridized carbons (Fsp3) is 0.333. The Morgan fingerprint density at radius 3 is 2.11 bits per heavy atom. The first-order chi connectivity index (χ1) is 12.9. The molecule has 2 N–H and O–H groups in total. The van der Waals surface area contributed by atoms with Crippen molar-refractivity contribution in [3.63, 3.8) is 0 Å². The zero-order valence-electron chi connectivity index (χ0n) is 16.2. The third kappa shape index (κ3) is 3.28. The van der Waals surface area contributed by atoms with Crippen molar-refractivity contribution >= 4 is 5.57 Å². The Bertz CT molecular complexity index is 863. The van der Waals surface area contributed by atoms with E-state index in [0.717, 1.165) is 22.3 Å². The molecule has 144 valence electrons. The molecule has 6 heteroatoms. The Hall–Kier alpha value is -2.86. The van der Waals surface area contributed by atoms with Gasteiger partial charge >= 0.3 is 0 Å². The molecule has 6 nitrogen and oxygen atoms in total. The summed E-state index contributed by atoms with van der Waals surface area (Å²) in [5.41, 5.74) is 3.61. The van der Waals surface area contributed by atoms with Crippen LogP contribution in [0.1, 0.15) is 22.7 Å². The van der Waals surface area contributed by atoms with Crippen LogP contribution in [0.15, 0.2) is 30.3 Å². The van der Waals surface area contributed by atoms with Gasteiger partial charge in [0.15, 0.2) is 23.0 Å². The van der Waals surface area contributed by atoms with Crippen LogP contribution in [-0.2, 0) is 6.42 Å². The van der Waals surface area contributed by atoms with Crippen LogP contribution in [0.2, 0.25) is 0 Å². The lowest BCUT2D eigenvalue weighted by Crippen LogP contribution is -2.22. The molecule has 0 amide bonds. The minimum Gasteiger partial charge on any atom is -0.504 e. The van der Waals surface area contributed by atoms with E-state index in [1.54, 1.807) is 21.3 Å². The first-order valence-electron chi connectivity index (χ1n) is 8.62. The number of fused-ring (bicyclic) bond motifs is 1. The molecule has 1 aliphatic carbocycles. The largest absolute Gasteiger partial charge is 0.504 e. The third-order valence-electron chi connectivity index (χ3n) is 4.93. The number of nitrogens with zero attached hydrogens (tertiary/aromatic N) is 1. The first kappa shape index (κ1) is 18.9. The molecule has 2 aromatic carbocycles. The number of ether oxygens (including phenoxy) is 3. The summed E-state index contributed by atoms with van der Waals surface area (Å²) < 4.78 is 16.3. The van der Waals surface area contributed by atoms with E-state index in [1.807, 2.05) is 32.3 Å². The van der Waals surface area contributed by atoms with Crippen molar-refractivity contribution in [2.45, 2.75) is 12.5 Å². The summed E-state index contributed by atoms with van der Waals surface area (Å²) in [6.07, 6.45) is 2.64. The van der Waals surface area contributed by atoms with Crippen molar-refractivity contribution in [2.75, 3.05) is 35.4 Å². The molecule has 27 heavy (non-hydrogen) atoms. The monoisotopic (exact) mass is 371 g/mol. The standard InChI is InChI=1S/C21H25NO5/c1-22(2)16-9-12(8-15-14(16)6-7-17(23)20(15)24)13-10-18(25-3)21(27-5)19(11-13)26-4/h6-7,9-11,16,23-24H,8H2,1-5H3. The molecule has 0 saturated carbocycles. The molecule has 0 bridgehead atoms. The van der Waals surface area contributed by atoms with E-state index < -0.39 is 0 Å². The van der Waals surface area contributed by atoms with E-state index in [2.05, 4.69) is 11.0 Å². The zero-order chi connectivity index (χ0) is 19.7. The number of methoxy groups -OCH3 is 3. The molecule has 0 fully saturated rings. The number of phenolic OH excluding ortho intramolecular Hbond substituents is 2. The van der Waals surface area contributed by atoms with Crippen LogP contribution in [0, 0.1) is 0 Å². The fourth-order valence-corrected chi connectivity index (χ4v) is 3.52. The molecular weight excluding hydrogens is 346 g/mol. The molecule has 0 spiro atoms. The SMILES string of the molecule is COc1cc(C2=CC(N(C)C)c3ccc(O)c(O)c3C2)cc(OC)c1OC. The highest BCUT2D eigenvalue weighted by atomic mass is 16.5. The quantitative estimate of drug-likeness (QED) is 0.786. The highest BCUT2D eigenvalue weighted by Crippen LogP contribution is 2.45. The van der Waals surface area contributed by atoms with Gasteiger partial charge in [-0.25, -0.2) is 0 Å². The molecule has 0 aromatic heterocycles. The maximum absolute atomic E-state index is 10.4. The van der Waals surface area contributed by atoms with Gasteiger partial charge in [-0.15, -0.1) is 0 Å². The minimum absolute atomic E-state index is 0.0330. The molecule has 1 aliphatic rings. The summed E-state index contributed by atoms with van der Waals surface area (Å²) in [6, 6.07) is 7.14. The lowest BCUT2D eigenvalue weighted by Gasteiger charge is -2.30. The van der Waals surface area contributed by atoms with Gasteiger partial charge in [0.05, 0.1) is 27.4 Å². The van der Waals surface area contributed by atoms with Crippen molar-refractivity contribution < 1.29 is 24.4 Å². The second-order valence-electron chi connectivity index (χ2n) is 6.69. The number of likely N-dealkylation sites (N-methyl/N-ethyl adjacent to an activating group) is 1. The van der Waals surface area contributed by atoms with Crippen molar-refractivity contribution in [1.29, 1.82) is 0 Å². The predicted octanol–water partition coefficient (Wildman–Crippen LogP) is 3.37. The van der Waals surface area contributed by atoms with Gasteiger partial charge in [0.1, 0.15) is 0 Å². The first-order valence-corrected chi connectivity index (χ1v) is 8.62. The molecular formula is C21H25NO5. The second kappa shape index (κ2) is 7.40. The van der Waals surface area contributed by atoms with Gasteiger partial charge in [-0.05, 0) is 49.0 Å². The summed E-state index contributed by atoms with van der Waals surface area (Å²) in [7, 11) is 8.69. The summed E-state index contributed by atoms with van der Waals surface area (Å²) >= 11 is 0. The fourth-order valence-electron chi connectivity index (χ4n) is 3.52.